The molecule has 1 aromatic carbocycles. The number of nitrogens with two attached hydrogens (primary N) is 1. The number of nitrogens with zero attached hydrogens (tertiary/aromatic N) is 2. The minimum absolute atomic E-state index is 0.269. The van der Waals surface area contributed by atoms with Crippen LogP contribution in [0.1, 0.15) is 31.0 Å². The third-order valence-corrected chi connectivity index (χ3v) is 3.93. The van der Waals surface area contributed by atoms with Crippen LogP contribution in [-0.2, 0) is 0 Å². The topological polar surface area (TPSA) is 51.8 Å². The summed E-state index contributed by atoms with van der Waals surface area (Å²) in [6, 6.07) is 5.65. The van der Waals surface area contributed by atoms with Crippen molar-refractivity contribution in [3.8, 4) is 11.4 Å². The Bertz CT molecular complexity index is 626. The molecule has 0 spiro atoms. The highest BCUT2D eigenvalue weighted by Gasteiger charge is 2.15. The highest BCUT2D eigenvalue weighted by molar-refractivity contribution is 9.10. The van der Waals surface area contributed by atoms with Gasteiger partial charge in [0.1, 0.15) is 5.82 Å². The van der Waals surface area contributed by atoms with Crippen LogP contribution in [-0.4, -0.2) is 9.97 Å². The van der Waals surface area contributed by atoms with Crippen molar-refractivity contribution in [2.24, 2.45) is 0 Å². The van der Waals surface area contributed by atoms with Crippen LogP contribution < -0.4 is 5.73 Å². The van der Waals surface area contributed by atoms with Gasteiger partial charge in [0.2, 0.25) is 0 Å². The predicted octanol–water partition coefficient (Wildman–Crippen LogP) is 4.57. The molecule has 0 radical (unpaired) electrons. The summed E-state index contributed by atoms with van der Waals surface area (Å²) in [5.74, 6) is 1.37. The van der Waals surface area contributed by atoms with Crippen molar-refractivity contribution in [1.29, 1.82) is 0 Å². The second kappa shape index (κ2) is 5.47. The Morgan fingerprint density at radius 3 is 2.53 bits per heavy atom. The van der Waals surface area contributed by atoms with Crippen molar-refractivity contribution in [3.63, 3.8) is 0 Å². The first-order valence-electron chi connectivity index (χ1n) is 5.99. The molecule has 0 aliphatic carbocycles. The monoisotopic (exact) mass is 339 g/mol. The number of hydrogen-bond acceptors (Lipinski definition) is 3. The lowest BCUT2D eigenvalue weighted by Crippen LogP contribution is -2.04. The quantitative estimate of drug-likeness (QED) is 0.871. The highest BCUT2D eigenvalue weighted by atomic mass is 79.9. The summed E-state index contributed by atoms with van der Waals surface area (Å²) in [7, 11) is 0. The molecule has 3 nitrogen and oxygen atoms in total. The summed E-state index contributed by atoms with van der Waals surface area (Å²) < 4.78 is 0.776. The van der Waals surface area contributed by atoms with Gasteiger partial charge in [-0.1, -0.05) is 25.4 Å². The summed E-state index contributed by atoms with van der Waals surface area (Å²) in [6.07, 6.45) is 0. The summed E-state index contributed by atoms with van der Waals surface area (Å²) >= 11 is 9.42. The Morgan fingerprint density at radius 1 is 1.26 bits per heavy atom. The number of nitrogen functional groups attached to an aromatic ring is 1. The Kier molecular flexibility index (Phi) is 4.11. The van der Waals surface area contributed by atoms with Gasteiger partial charge in [0.15, 0.2) is 5.82 Å². The van der Waals surface area contributed by atoms with Crippen LogP contribution in [0.3, 0.4) is 0 Å². The Balaban J connectivity index is 2.63. The first-order valence-corrected chi connectivity index (χ1v) is 7.16. The zero-order valence-electron chi connectivity index (χ0n) is 11.0. The highest BCUT2D eigenvalue weighted by Crippen LogP contribution is 2.31. The van der Waals surface area contributed by atoms with Crippen LogP contribution in [0.25, 0.3) is 11.4 Å². The molecule has 0 bridgehead atoms. The fourth-order valence-corrected chi connectivity index (χ4v) is 2.73. The standard InChI is InChI=1S/C14H15BrClN3/c1-7(2)12-11(15)13(17)19-14(18-12)10-5-4-9(16)6-8(10)3/h4-7H,1-3H3,(H2,17,18,19). The van der Waals surface area contributed by atoms with Gasteiger partial charge in [-0.05, 0) is 52.5 Å². The van der Waals surface area contributed by atoms with E-state index in [4.69, 9.17) is 17.3 Å². The number of halogens is 2. The third kappa shape index (κ3) is 2.90. The molecular formula is C14H15BrClN3. The Labute approximate surface area is 126 Å². The van der Waals surface area contributed by atoms with Crippen molar-refractivity contribution < 1.29 is 0 Å². The van der Waals surface area contributed by atoms with Gasteiger partial charge in [0, 0.05) is 10.6 Å². The number of benzene rings is 1. The minimum Gasteiger partial charge on any atom is -0.383 e. The largest absolute Gasteiger partial charge is 0.383 e. The van der Waals surface area contributed by atoms with Gasteiger partial charge in [-0.3, -0.25) is 0 Å². The van der Waals surface area contributed by atoms with E-state index in [-0.39, 0.29) is 5.92 Å². The molecule has 0 aliphatic heterocycles. The molecule has 100 valence electrons. The number of aromatic nitrogens is 2. The Hall–Kier alpha value is -1.13. The molecule has 0 saturated heterocycles. The summed E-state index contributed by atoms with van der Waals surface area (Å²) in [4.78, 5) is 8.97. The van der Waals surface area contributed by atoms with Crippen molar-refractivity contribution in [3.05, 3.63) is 39.0 Å². The normalized spacial score (nSPS) is 11.1. The molecule has 0 aliphatic rings. The first-order chi connectivity index (χ1) is 8.90. The second-order valence-corrected chi connectivity index (χ2v) is 5.98. The zero-order valence-corrected chi connectivity index (χ0v) is 13.4. The molecule has 0 unspecified atom stereocenters. The van der Waals surface area contributed by atoms with E-state index < -0.39 is 0 Å². The van der Waals surface area contributed by atoms with Gasteiger partial charge in [-0.15, -0.1) is 0 Å². The Morgan fingerprint density at radius 2 is 1.95 bits per heavy atom. The maximum atomic E-state index is 5.97. The van der Waals surface area contributed by atoms with E-state index in [1.807, 2.05) is 25.1 Å². The van der Waals surface area contributed by atoms with E-state index in [1.165, 1.54) is 0 Å². The van der Waals surface area contributed by atoms with E-state index in [0.717, 1.165) is 21.3 Å². The zero-order chi connectivity index (χ0) is 14.2. The van der Waals surface area contributed by atoms with Crippen LogP contribution in [0.2, 0.25) is 5.02 Å². The fraction of sp³-hybridized carbons (Fsp3) is 0.286. The maximum Gasteiger partial charge on any atom is 0.162 e. The molecule has 2 aromatic rings. The summed E-state index contributed by atoms with van der Waals surface area (Å²) in [6.45, 7) is 6.13. The van der Waals surface area contributed by atoms with Crippen molar-refractivity contribution >= 4 is 33.3 Å². The average Bonchev–Trinajstić information content (AvgIpc) is 2.32. The van der Waals surface area contributed by atoms with E-state index in [2.05, 4.69) is 39.7 Å². The number of rotatable bonds is 2. The van der Waals surface area contributed by atoms with Crippen LogP contribution in [0.15, 0.2) is 22.7 Å². The fourth-order valence-electron chi connectivity index (χ4n) is 1.86. The van der Waals surface area contributed by atoms with Crippen LogP contribution >= 0.6 is 27.5 Å². The van der Waals surface area contributed by atoms with Crippen molar-refractivity contribution in [2.45, 2.75) is 26.7 Å². The molecular weight excluding hydrogens is 326 g/mol. The van der Waals surface area contributed by atoms with Gasteiger partial charge in [0.05, 0.1) is 10.2 Å². The lowest BCUT2D eigenvalue weighted by Gasteiger charge is -2.12. The van der Waals surface area contributed by atoms with Crippen molar-refractivity contribution in [2.75, 3.05) is 5.73 Å². The summed E-state index contributed by atoms with van der Waals surface area (Å²) in [5.41, 5.74) is 8.85. The first kappa shape index (κ1) is 14.3. The molecule has 2 N–H and O–H groups in total. The van der Waals surface area contributed by atoms with E-state index in [0.29, 0.717) is 16.7 Å². The van der Waals surface area contributed by atoms with E-state index in [1.54, 1.807) is 0 Å². The smallest absolute Gasteiger partial charge is 0.162 e. The van der Waals surface area contributed by atoms with Crippen molar-refractivity contribution in [1.82, 2.24) is 9.97 Å². The molecule has 0 fully saturated rings. The van der Waals surface area contributed by atoms with Crippen LogP contribution in [0, 0.1) is 6.92 Å². The van der Waals surface area contributed by atoms with Crippen LogP contribution in [0.4, 0.5) is 5.82 Å². The number of hydrogen-bond donors (Lipinski definition) is 1. The number of aryl methyl sites for hydroxylation is 1. The lowest BCUT2D eigenvalue weighted by molar-refractivity contribution is 0.811. The molecule has 0 saturated carbocycles. The molecule has 1 aromatic heterocycles. The minimum atomic E-state index is 0.269. The third-order valence-electron chi connectivity index (χ3n) is 2.88. The molecule has 0 atom stereocenters. The number of anilines is 1. The average molecular weight is 341 g/mol. The van der Waals surface area contributed by atoms with Gasteiger partial charge in [-0.2, -0.15) is 0 Å². The second-order valence-electron chi connectivity index (χ2n) is 4.75. The van der Waals surface area contributed by atoms with Gasteiger partial charge >= 0.3 is 0 Å². The van der Waals surface area contributed by atoms with E-state index >= 15 is 0 Å². The molecule has 2 rings (SSSR count). The summed E-state index contributed by atoms with van der Waals surface area (Å²) in [5, 5.41) is 0.704. The predicted molar refractivity (Wildman–Crippen MR) is 83.4 cm³/mol. The van der Waals surface area contributed by atoms with Gasteiger partial charge in [0.25, 0.3) is 0 Å². The van der Waals surface area contributed by atoms with Gasteiger partial charge < -0.3 is 5.73 Å². The SMILES string of the molecule is Cc1cc(Cl)ccc1-c1nc(N)c(Br)c(C(C)C)n1. The molecule has 5 heteroatoms. The molecule has 0 amide bonds. The van der Waals surface area contributed by atoms with E-state index in [9.17, 15) is 0 Å². The molecule has 1 heterocycles. The lowest BCUT2D eigenvalue weighted by atomic mass is 10.1. The van der Waals surface area contributed by atoms with Gasteiger partial charge in [-0.25, -0.2) is 9.97 Å². The maximum absolute atomic E-state index is 5.97. The van der Waals surface area contributed by atoms with Crippen LogP contribution in [0.5, 0.6) is 0 Å². The molecule has 19 heavy (non-hydrogen) atoms.